The normalized spacial score (nSPS) is 18.5. The maximum atomic E-state index is 6.12. The molecule has 1 N–H and O–H groups in total. The number of rotatable bonds is 6. The van der Waals surface area contributed by atoms with Gasteiger partial charge in [0.05, 0.1) is 0 Å². The molecule has 0 aliphatic carbocycles. The van der Waals surface area contributed by atoms with Crippen LogP contribution in [0.3, 0.4) is 0 Å². The van der Waals surface area contributed by atoms with E-state index >= 15 is 0 Å². The molecule has 0 bridgehead atoms. The van der Waals surface area contributed by atoms with E-state index in [1.807, 2.05) is 12.1 Å². The first-order valence-corrected chi connectivity index (χ1v) is 12.2. The molecule has 2 fully saturated rings. The molecule has 1 aromatic heterocycles. The largest absolute Gasteiger partial charge is 0.372 e. The molecule has 4 rings (SSSR count). The molecule has 0 atom stereocenters. The Kier molecular flexibility index (Phi) is 7.42. The van der Waals surface area contributed by atoms with Gasteiger partial charge in [-0.3, -0.25) is 0 Å². The van der Waals surface area contributed by atoms with E-state index in [0.29, 0.717) is 17.7 Å². The van der Waals surface area contributed by atoms with E-state index in [2.05, 4.69) is 49.1 Å². The van der Waals surface area contributed by atoms with Gasteiger partial charge in [0.2, 0.25) is 9.74 Å². The second-order valence-electron chi connectivity index (χ2n) is 8.30. The minimum Gasteiger partial charge on any atom is -0.372 e. The number of nitrogens with one attached hydrogen (secondary N) is 1. The number of hydrogen-bond donors (Lipinski definition) is 1. The zero-order valence-electron chi connectivity index (χ0n) is 17.8. The van der Waals surface area contributed by atoms with Crippen LogP contribution < -0.4 is 10.2 Å². The summed E-state index contributed by atoms with van der Waals surface area (Å²) >= 11 is 18.4. The number of likely N-dealkylation sites (tertiary alicyclic amines) is 1. The third kappa shape index (κ3) is 5.92. The molecule has 168 valence electrons. The highest BCUT2D eigenvalue weighted by Gasteiger charge is 2.29. The number of piperidine rings is 1. The number of anilines is 2. The third-order valence-corrected chi connectivity index (χ3v) is 6.70. The Morgan fingerprint density at radius 2 is 1.65 bits per heavy atom. The van der Waals surface area contributed by atoms with Crippen LogP contribution >= 0.6 is 34.8 Å². The van der Waals surface area contributed by atoms with E-state index < -0.39 is 3.79 Å². The zero-order chi connectivity index (χ0) is 21.8. The van der Waals surface area contributed by atoms with Gasteiger partial charge >= 0.3 is 0 Å². The Balaban J connectivity index is 1.51. The lowest BCUT2D eigenvalue weighted by Gasteiger charge is -2.31. The maximum absolute atomic E-state index is 6.12. The second-order valence-corrected chi connectivity index (χ2v) is 10.6. The first-order chi connectivity index (χ1) is 14.9. The molecule has 31 heavy (non-hydrogen) atoms. The fraction of sp³-hybridized carbons (Fsp3) is 0.591. The molecule has 1 aromatic carbocycles. The Morgan fingerprint density at radius 3 is 2.26 bits per heavy atom. The van der Waals surface area contributed by atoms with E-state index in [1.54, 1.807) is 0 Å². The summed E-state index contributed by atoms with van der Waals surface area (Å²) in [7, 11) is 0. The van der Waals surface area contributed by atoms with Gasteiger partial charge in [0.15, 0.2) is 11.6 Å². The number of halogens is 3. The van der Waals surface area contributed by atoms with Crippen molar-refractivity contribution < 1.29 is 0 Å². The fourth-order valence-corrected chi connectivity index (χ4v) is 4.50. The van der Waals surface area contributed by atoms with Crippen LogP contribution in [0.2, 0.25) is 0 Å². The molecule has 0 unspecified atom stereocenters. The Morgan fingerprint density at radius 1 is 0.968 bits per heavy atom. The Labute approximate surface area is 199 Å². The standard InChI is InChI=1S/C22H29Cl3N6/c1-2-30-13-9-16(10-14-30)15-26-21-28-19(27-20(29-21)22(23,24)25)17-5-7-18(8-6-17)31-11-3-4-12-31/h5-8,16H,2-4,9-15H2,1H3,(H,26,27,28,29). The first kappa shape index (κ1) is 22.8. The van der Waals surface area contributed by atoms with E-state index in [9.17, 15) is 0 Å². The summed E-state index contributed by atoms with van der Waals surface area (Å²) in [5, 5.41) is 3.36. The van der Waals surface area contributed by atoms with Gasteiger partial charge in [-0.25, -0.2) is 4.98 Å². The van der Waals surface area contributed by atoms with Crippen LogP contribution in [0.1, 0.15) is 38.4 Å². The monoisotopic (exact) mass is 482 g/mol. The number of nitrogens with zero attached hydrogens (tertiary/aromatic N) is 5. The number of aromatic nitrogens is 3. The Hall–Kier alpha value is -1.34. The van der Waals surface area contributed by atoms with Gasteiger partial charge < -0.3 is 15.1 Å². The number of alkyl halides is 3. The molecule has 6 nitrogen and oxygen atoms in total. The SMILES string of the molecule is CCN1CCC(CNc2nc(-c3ccc(N4CCCC4)cc3)nc(C(Cl)(Cl)Cl)n2)CC1. The quantitative estimate of drug-likeness (QED) is 0.576. The van der Waals surface area contributed by atoms with Crippen LogP contribution in [0.15, 0.2) is 24.3 Å². The highest BCUT2D eigenvalue weighted by molar-refractivity contribution is 6.66. The van der Waals surface area contributed by atoms with Crippen LogP contribution in [0.4, 0.5) is 11.6 Å². The lowest BCUT2D eigenvalue weighted by molar-refractivity contribution is 0.198. The lowest BCUT2D eigenvalue weighted by Crippen LogP contribution is -2.35. The van der Waals surface area contributed by atoms with Gasteiger partial charge in [-0.2, -0.15) is 9.97 Å². The summed E-state index contributed by atoms with van der Waals surface area (Å²) < 4.78 is -1.71. The summed E-state index contributed by atoms with van der Waals surface area (Å²) in [5.74, 6) is 1.67. The van der Waals surface area contributed by atoms with E-state index in [0.717, 1.165) is 57.7 Å². The predicted octanol–water partition coefficient (Wildman–Crippen LogP) is 5.11. The van der Waals surface area contributed by atoms with Gasteiger partial charge in [0.1, 0.15) is 0 Å². The summed E-state index contributed by atoms with van der Waals surface area (Å²) in [5.41, 5.74) is 2.09. The van der Waals surface area contributed by atoms with Crippen molar-refractivity contribution in [3.8, 4) is 11.4 Å². The second kappa shape index (κ2) is 10.1. The highest BCUT2D eigenvalue weighted by atomic mass is 35.6. The van der Waals surface area contributed by atoms with Crippen LogP contribution in [-0.4, -0.2) is 59.1 Å². The minimum absolute atomic E-state index is 0.134. The van der Waals surface area contributed by atoms with Crippen molar-refractivity contribution in [3.63, 3.8) is 0 Å². The summed E-state index contributed by atoms with van der Waals surface area (Å²) in [6, 6.07) is 8.26. The number of hydrogen-bond acceptors (Lipinski definition) is 6. The zero-order valence-corrected chi connectivity index (χ0v) is 20.1. The lowest BCUT2D eigenvalue weighted by atomic mass is 9.97. The molecule has 0 radical (unpaired) electrons. The van der Waals surface area contributed by atoms with Crippen LogP contribution in [0.5, 0.6) is 0 Å². The van der Waals surface area contributed by atoms with Crippen LogP contribution in [0, 0.1) is 5.92 Å². The molecule has 0 amide bonds. The average molecular weight is 484 g/mol. The van der Waals surface area contributed by atoms with Crippen molar-refractivity contribution in [1.82, 2.24) is 19.9 Å². The molecule has 0 spiro atoms. The van der Waals surface area contributed by atoms with Crippen LogP contribution in [0.25, 0.3) is 11.4 Å². The molecule has 2 aliphatic rings. The molecule has 2 aliphatic heterocycles. The van der Waals surface area contributed by atoms with Crippen molar-refractivity contribution >= 4 is 46.4 Å². The third-order valence-electron chi connectivity index (χ3n) is 6.19. The Bertz CT molecular complexity index is 857. The fourth-order valence-electron chi connectivity index (χ4n) is 4.25. The van der Waals surface area contributed by atoms with Crippen molar-refractivity contribution in [2.75, 3.05) is 49.5 Å². The van der Waals surface area contributed by atoms with Gasteiger partial charge in [-0.05, 0) is 75.5 Å². The van der Waals surface area contributed by atoms with Gasteiger partial charge in [0, 0.05) is 30.9 Å². The smallest absolute Gasteiger partial charge is 0.250 e. The molecule has 2 aromatic rings. The minimum atomic E-state index is -1.71. The summed E-state index contributed by atoms with van der Waals surface area (Å²) in [6.07, 6.45) is 4.81. The first-order valence-electron chi connectivity index (χ1n) is 11.1. The van der Waals surface area contributed by atoms with E-state index in [-0.39, 0.29) is 5.82 Å². The molecular formula is C22H29Cl3N6. The topological polar surface area (TPSA) is 57.2 Å². The molecule has 2 saturated heterocycles. The van der Waals surface area contributed by atoms with Crippen molar-refractivity contribution in [3.05, 3.63) is 30.1 Å². The summed E-state index contributed by atoms with van der Waals surface area (Å²) in [4.78, 5) is 18.3. The molecule has 9 heteroatoms. The van der Waals surface area contributed by atoms with Crippen molar-refractivity contribution in [1.29, 1.82) is 0 Å². The highest BCUT2D eigenvalue weighted by Crippen LogP contribution is 2.37. The predicted molar refractivity (Wildman–Crippen MR) is 129 cm³/mol. The van der Waals surface area contributed by atoms with Crippen LogP contribution in [-0.2, 0) is 3.79 Å². The van der Waals surface area contributed by atoms with E-state index in [1.165, 1.54) is 18.5 Å². The average Bonchev–Trinajstić information content (AvgIpc) is 3.32. The summed E-state index contributed by atoms with van der Waals surface area (Å²) in [6.45, 7) is 8.60. The van der Waals surface area contributed by atoms with E-state index in [4.69, 9.17) is 34.8 Å². The van der Waals surface area contributed by atoms with Crippen molar-refractivity contribution in [2.24, 2.45) is 5.92 Å². The van der Waals surface area contributed by atoms with Gasteiger partial charge in [-0.1, -0.05) is 41.7 Å². The van der Waals surface area contributed by atoms with Gasteiger partial charge in [0.25, 0.3) is 0 Å². The maximum Gasteiger partial charge on any atom is 0.250 e. The van der Waals surface area contributed by atoms with Crippen molar-refractivity contribution in [2.45, 2.75) is 36.4 Å². The molecule has 0 saturated carbocycles. The van der Waals surface area contributed by atoms with Gasteiger partial charge in [-0.15, -0.1) is 0 Å². The number of benzene rings is 1. The molecular weight excluding hydrogens is 455 g/mol. The molecule has 3 heterocycles.